The fourth-order valence-corrected chi connectivity index (χ4v) is 5.74. The summed E-state index contributed by atoms with van der Waals surface area (Å²) >= 11 is 0. The van der Waals surface area contributed by atoms with Crippen LogP contribution in [-0.2, 0) is 14.3 Å². The highest BCUT2D eigenvalue weighted by molar-refractivity contribution is 5.82. The molecule has 7 atom stereocenters. The van der Waals surface area contributed by atoms with Crippen LogP contribution in [0.1, 0.15) is 47.0 Å². The van der Waals surface area contributed by atoms with Gasteiger partial charge >= 0.3 is 5.97 Å². The van der Waals surface area contributed by atoms with Gasteiger partial charge in [0.1, 0.15) is 11.7 Å². The maximum Gasteiger partial charge on any atom is 0.331 e. The molecule has 30 heavy (non-hydrogen) atoms. The summed E-state index contributed by atoms with van der Waals surface area (Å²) in [5.74, 6) is -0.740. The van der Waals surface area contributed by atoms with Gasteiger partial charge in [-0.25, -0.2) is 4.79 Å². The van der Waals surface area contributed by atoms with Crippen LogP contribution in [0, 0.1) is 16.7 Å². The van der Waals surface area contributed by atoms with Gasteiger partial charge in [-0.05, 0) is 36.8 Å². The Hall–Kier alpha value is -1.51. The van der Waals surface area contributed by atoms with Gasteiger partial charge in [0.15, 0.2) is 6.29 Å². The molecule has 3 rings (SSSR count). The Kier molecular flexibility index (Phi) is 6.33. The summed E-state index contributed by atoms with van der Waals surface area (Å²) in [7, 11) is 0. The Morgan fingerprint density at radius 3 is 2.63 bits per heavy atom. The van der Waals surface area contributed by atoms with Crippen molar-refractivity contribution < 1.29 is 34.7 Å². The zero-order valence-corrected chi connectivity index (χ0v) is 18.1. The number of esters is 1. The van der Waals surface area contributed by atoms with Crippen LogP contribution in [0.25, 0.3) is 0 Å². The molecule has 1 saturated heterocycles. The number of hydrogen-bond donors (Lipinski definition) is 4. The third-order valence-electron chi connectivity index (χ3n) is 7.25. The molecule has 3 aliphatic rings. The van der Waals surface area contributed by atoms with Crippen LogP contribution in [-0.4, -0.2) is 63.2 Å². The molecule has 0 aromatic rings. The quantitative estimate of drug-likeness (QED) is 0.230. The Morgan fingerprint density at radius 1 is 1.27 bits per heavy atom. The summed E-state index contributed by atoms with van der Waals surface area (Å²) in [5, 5.41) is 40.8. The fourth-order valence-electron chi connectivity index (χ4n) is 5.74. The molecule has 2 fully saturated rings. The number of rotatable bonds is 5. The van der Waals surface area contributed by atoms with E-state index < -0.39 is 41.6 Å². The van der Waals surface area contributed by atoms with Gasteiger partial charge in [-0.3, -0.25) is 0 Å². The summed E-state index contributed by atoms with van der Waals surface area (Å²) in [4.78, 5) is 12.5. The van der Waals surface area contributed by atoms with Crippen LogP contribution in [0.4, 0.5) is 0 Å². The van der Waals surface area contributed by atoms with E-state index in [0.717, 1.165) is 12.8 Å². The highest BCUT2D eigenvalue weighted by Crippen LogP contribution is 2.63. The van der Waals surface area contributed by atoms with Crippen molar-refractivity contribution in [2.45, 2.75) is 77.2 Å². The van der Waals surface area contributed by atoms with Gasteiger partial charge in [0.05, 0.1) is 18.8 Å². The summed E-state index contributed by atoms with van der Waals surface area (Å²) in [6.45, 7) is 7.74. The first-order chi connectivity index (χ1) is 13.9. The van der Waals surface area contributed by atoms with Crippen LogP contribution in [0.5, 0.6) is 0 Å². The number of carbonyl (C=O) groups is 1. The molecule has 7 nitrogen and oxygen atoms in total. The molecule has 2 aliphatic carbocycles. The first-order valence-electron chi connectivity index (χ1n) is 10.6. The topological polar surface area (TPSA) is 116 Å². The first kappa shape index (κ1) is 23.2. The van der Waals surface area contributed by atoms with Gasteiger partial charge in [-0.1, -0.05) is 45.4 Å². The van der Waals surface area contributed by atoms with Gasteiger partial charge in [-0.15, -0.1) is 0 Å². The molecule has 1 aliphatic heterocycles. The second kappa shape index (κ2) is 8.20. The minimum atomic E-state index is -1.49. The monoisotopic (exact) mass is 422 g/mol. The van der Waals surface area contributed by atoms with Crippen molar-refractivity contribution in [2.24, 2.45) is 16.7 Å². The molecule has 168 valence electrons. The summed E-state index contributed by atoms with van der Waals surface area (Å²) in [6, 6.07) is 0. The lowest BCUT2D eigenvalue weighted by Gasteiger charge is -2.60. The molecule has 0 spiro atoms. The van der Waals surface area contributed by atoms with E-state index >= 15 is 0 Å². The standard InChI is InChI=1S/C23H34O7/c1-14(24)16(25)8-5-6-9-18(26)30-17-12-15-13-29-20(27)23(15,28)22(4)11-7-10-21(2,3)19(17)22/h5-6,8-9,12,14,16-17,19-20,24-25,27-28H,7,10-11,13H2,1-4H3/b8-5+,9-6+/t14-,16-,17+,19-,20-,22-,23-/m0/s1. The van der Waals surface area contributed by atoms with Crippen molar-refractivity contribution in [3.63, 3.8) is 0 Å². The smallest absolute Gasteiger partial charge is 0.331 e. The molecule has 0 aromatic carbocycles. The molecule has 0 unspecified atom stereocenters. The van der Waals surface area contributed by atoms with Crippen molar-refractivity contribution in [1.29, 1.82) is 0 Å². The van der Waals surface area contributed by atoms with E-state index in [9.17, 15) is 25.2 Å². The molecule has 1 saturated carbocycles. The first-order valence-corrected chi connectivity index (χ1v) is 10.6. The van der Waals surface area contributed by atoms with E-state index in [4.69, 9.17) is 9.47 Å². The van der Waals surface area contributed by atoms with Crippen molar-refractivity contribution >= 4 is 5.97 Å². The van der Waals surface area contributed by atoms with Crippen LogP contribution < -0.4 is 0 Å². The Labute approximate surface area is 177 Å². The maximum absolute atomic E-state index is 12.5. The number of aliphatic hydroxyl groups is 4. The molecular formula is C23H34O7. The predicted molar refractivity (Wildman–Crippen MR) is 110 cm³/mol. The van der Waals surface area contributed by atoms with Gasteiger partial charge in [0, 0.05) is 17.4 Å². The molecule has 0 radical (unpaired) electrons. The Bertz CT molecular complexity index is 753. The van der Waals surface area contributed by atoms with E-state index in [-0.39, 0.29) is 17.9 Å². The van der Waals surface area contributed by atoms with Gasteiger partial charge in [-0.2, -0.15) is 0 Å². The van der Waals surface area contributed by atoms with Crippen LogP contribution in [0.2, 0.25) is 0 Å². The second-order valence-electron chi connectivity index (χ2n) is 9.74. The number of fused-ring (bicyclic) bond motifs is 3. The van der Waals surface area contributed by atoms with Crippen molar-refractivity contribution in [3.05, 3.63) is 36.0 Å². The van der Waals surface area contributed by atoms with Gasteiger partial charge in [0.2, 0.25) is 0 Å². The lowest BCUT2D eigenvalue weighted by molar-refractivity contribution is -0.244. The molecule has 0 amide bonds. The third kappa shape index (κ3) is 3.78. The van der Waals surface area contributed by atoms with Gasteiger partial charge in [0.25, 0.3) is 0 Å². The number of carbonyl (C=O) groups excluding carboxylic acids is 1. The average molecular weight is 423 g/mol. The zero-order valence-electron chi connectivity index (χ0n) is 18.1. The van der Waals surface area contributed by atoms with Crippen LogP contribution in [0.3, 0.4) is 0 Å². The normalized spacial score (nSPS) is 40.0. The minimum Gasteiger partial charge on any atom is -0.455 e. The van der Waals surface area contributed by atoms with E-state index in [1.165, 1.54) is 31.2 Å². The number of hydrogen-bond acceptors (Lipinski definition) is 7. The molecular weight excluding hydrogens is 388 g/mol. The highest BCUT2D eigenvalue weighted by atomic mass is 16.6. The summed E-state index contributed by atoms with van der Waals surface area (Å²) in [6.07, 6.45) is 6.08. The van der Waals surface area contributed by atoms with E-state index in [1.54, 1.807) is 6.08 Å². The van der Waals surface area contributed by atoms with Crippen molar-refractivity contribution in [2.75, 3.05) is 6.61 Å². The number of ether oxygens (including phenoxy) is 2. The van der Waals surface area contributed by atoms with Crippen molar-refractivity contribution in [1.82, 2.24) is 0 Å². The molecule has 1 heterocycles. The Morgan fingerprint density at radius 2 is 1.97 bits per heavy atom. The number of allylic oxidation sites excluding steroid dienone is 2. The van der Waals surface area contributed by atoms with E-state index in [1.807, 2.05) is 6.92 Å². The lowest BCUT2D eigenvalue weighted by atomic mass is 9.46. The largest absolute Gasteiger partial charge is 0.455 e. The van der Waals surface area contributed by atoms with E-state index in [2.05, 4.69) is 13.8 Å². The molecule has 4 N–H and O–H groups in total. The Balaban J connectivity index is 1.85. The minimum absolute atomic E-state index is 0.101. The van der Waals surface area contributed by atoms with Crippen molar-refractivity contribution in [3.8, 4) is 0 Å². The fraction of sp³-hybridized carbons (Fsp3) is 0.696. The maximum atomic E-state index is 12.5. The molecule has 0 aromatic heterocycles. The van der Waals surface area contributed by atoms with Gasteiger partial charge < -0.3 is 29.9 Å². The zero-order chi connectivity index (χ0) is 22.3. The predicted octanol–water partition coefficient (Wildman–Crippen LogP) is 1.60. The summed E-state index contributed by atoms with van der Waals surface area (Å²) in [5.41, 5.74) is -1.85. The van der Waals surface area contributed by atoms with Crippen LogP contribution in [0.15, 0.2) is 36.0 Å². The summed E-state index contributed by atoms with van der Waals surface area (Å²) < 4.78 is 11.2. The highest BCUT2D eigenvalue weighted by Gasteiger charge is 2.68. The third-order valence-corrected chi connectivity index (χ3v) is 7.25. The lowest BCUT2D eigenvalue weighted by Crippen LogP contribution is -2.65. The second-order valence-corrected chi connectivity index (χ2v) is 9.74. The number of aliphatic hydroxyl groups excluding tert-OH is 3. The average Bonchev–Trinajstić information content (AvgIpc) is 2.94. The van der Waals surface area contributed by atoms with Crippen LogP contribution >= 0.6 is 0 Å². The van der Waals surface area contributed by atoms with E-state index in [0.29, 0.717) is 12.0 Å². The molecule has 0 bridgehead atoms. The molecule has 7 heteroatoms. The SMILES string of the molecule is C[C@H](O)[C@@H](O)/C=C/C=C/C(=O)O[C@@H]1C=C2CO[C@H](O)[C@]2(O)[C@@]2(C)CCCC(C)(C)[C@H]12.